The Kier molecular flexibility index (Phi) is 6.47. The molecule has 5 nitrogen and oxygen atoms in total. The van der Waals surface area contributed by atoms with Gasteiger partial charge in [-0.15, -0.1) is 0 Å². The summed E-state index contributed by atoms with van der Waals surface area (Å²) in [5.74, 6) is 0.359. The molecule has 164 valence electrons. The lowest BCUT2D eigenvalue weighted by molar-refractivity contribution is -0.177. The summed E-state index contributed by atoms with van der Waals surface area (Å²) in [4.78, 5) is 23.5. The molecular weight excluding hydrogens is 368 g/mol. The topological polar surface area (TPSA) is 72.8 Å². The lowest BCUT2D eigenvalue weighted by atomic mass is 9.51. The van der Waals surface area contributed by atoms with Gasteiger partial charge in [-0.05, 0) is 68.1 Å². The average Bonchev–Trinajstić information content (AvgIpc) is 2.93. The second-order valence-electron chi connectivity index (χ2n) is 10.1. The Morgan fingerprint density at radius 2 is 1.76 bits per heavy atom. The summed E-state index contributed by atoms with van der Waals surface area (Å²) >= 11 is 0. The van der Waals surface area contributed by atoms with Crippen LogP contribution in [0.2, 0.25) is 0 Å². The minimum atomic E-state index is -0.239. The maximum absolute atomic E-state index is 12.1. The molecule has 0 spiro atoms. The van der Waals surface area contributed by atoms with Gasteiger partial charge in [0, 0.05) is 32.3 Å². The molecule has 0 aromatic carbocycles. The van der Waals surface area contributed by atoms with E-state index in [0.29, 0.717) is 12.3 Å². The summed E-state index contributed by atoms with van der Waals surface area (Å²) in [5, 5.41) is 9.75. The number of aliphatic hydroxyl groups excluding tert-OH is 1. The van der Waals surface area contributed by atoms with Crippen molar-refractivity contribution < 1.29 is 24.2 Å². The maximum Gasteiger partial charge on any atom is 0.302 e. The summed E-state index contributed by atoms with van der Waals surface area (Å²) in [5.41, 5.74) is 1.30. The summed E-state index contributed by atoms with van der Waals surface area (Å²) in [7, 11) is 0. The molecule has 7 atom stereocenters. The molecule has 0 aliphatic heterocycles. The molecule has 0 bridgehead atoms. The fourth-order valence-corrected chi connectivity index (χ4v) is 6.86. The monoisotopic (exact) mass is 406 g/mol. The lowest BCUT2D eigenvalue weighted by Crippen LogP contribution is -2.54. The minimum absolute atomic E-state index is 0.0500. The molecule has 0 radical (unpaired) electrons. The first-order valence-electron chi connectivity index (χ1n) is 11.3. The molecule has 5 heteroatoms. The number of rotatable bonds is 5. The maximum atomic E-state index is 12.1. The number of esters is 2. The highest BCUT2D eigenvalue weighted by molar-refractivity contribution is 5.66. The van der Waals surface area contributed by atoms with Crippen molar-refractivity contribution in [2.24, 2.45) is 28.6 Å². The standard InChI is InChI=1S/C24H38O5/c1-15-6-7-20-22(29-17(3)27)21(9-12-23(15,20)4)24(5)11-8-19(28-16(2)26)14-18(24)10-13-25/h18-22,25H,1,6-14H2,2-5H3/t18-,19-,20?,21?,22?,23?,24-/m0/s1. The van der Waals surface area contributed by atoms with Gasteiger partial charge in [0.05, 0.1) is 0 Å². The van der Waals surface area contributed by atoms with Crippen molar-refractivity contribution >= 4 is 11.9 Å². The van der Waals surface area contributed by atoms with Crippen LogP contribution in [-0.4, -0.2) is 35.9 Å². The van der Waals surface area contributed by atoms with Gasteiger partial charge in [-0.25, -0.2) is 0 Å². The molecule has 29 heavy (non-hydrogen) atoms. The number of ether oxygens (including phenoxy) is 2. The Bertz CT molecular complexity index is 658. The molecule has 0 aromatic heterocycles. The zero-order valence-corrected chi connectivity index (χ0v) is 18.5. The zero-order chi connectivity index (χ0) is 21.4. The fraction of sp³-hybridized carbons (Fsp3) is 0.833. The van der Waals surface area contributed by atoms with E-state index >= 15 is 0 Å². The van der Waals surface area contributed by atoms with Crippen LogP contribution in [0.1, 0.15) is 79.1 Å². The third-order valence-corrected chi connectivity index (χ3v) is 8.60. The second kappa shape index (κ2) is 8.41. The van der Waals surface area contributed by atoms with Crippen LogP contribution in [0.3, 0.4) is 0 Å². The summed E-state index contributed by atoms with van der Waals surface area (Å²) < 4.78 is 11.6. The van der Waals surface area contributed by atoms with E-state index in [1.54, 1.807) is 0 Å². The van der Waals surface area contributed by atoms with E-state index in [0.717, 1.165) is 44.9 Å². The van der Waals surface area contributed by atoms with Crippen LogP contribution in [0, 0.1) is 28.6 Å². The van der Waals surface area contributed by atoms with Crippen LogP contribution in [0.25, 0.3) is 0 Å². The van der Waals surface area contributed by atoms with Crippen molar-refractivity contribution in [3.05, 3.63) is 12.2 Å². The number of fused-ring (bicyclic) bond motifs is 1. The van der Waals surface area contributed by atoms with Crippen molar-refractivity contribution in [2.45, 2.75) is 91.3 Å². The highest BCUT2D eigenvalue weighted by atomic mass is 16.5. The normalized spacial score (nSPS) is 42.2. The van der Waals surface area contributed by atoms with Crippen LogP contribution in [0.15, 0.2) is 12.2 Å². The van der Waals surface area contributed by atoms with Crippen LogP contribution in [0.4, 0.5) is 0 Å². The number of carbonyl (C=O) groups is 2. The van der Waals surface area contributed by atoms with E-state index in [4.69, 9.17) is 9.47 Å². The first-order valence-corrected chi connectivity index (χ1v) is 11.3. The molecule has 0 amide bonds. The van der Waals surface area contributed by atoms with Gasteiger partial charge in [0.1, 0.15) is 12.2 Å². The van der Waals surface area contributed by atoms with Crippen molar-refractivity contribution in [2.75, 3.05) is 6.61 Å². The van der Waals surface area contributed by atoms with Crippen molar-refractivity contribution in [1.29, 1.82) is 0 Å². The number of carbonyl (C=O) groups excluding carboxylic acids is 2. The van der Waals surface area contributed by atoms with E-state index in [1.165, 1.54) is 19.4 Å². The average molecular weight is 407 g/mol. The van der Waals surface area contributed by atoms with Crippen molar-refractivity contribution in [1.82, 2.24) is 0 Å². The van der Waals surface area contributed by atoms with Crippen molar-refractivity contribution in [3.63, 3.8) is 0 Å². The van der Waals surface area contributed by atoms with E-state index in [9.17, 15) is 14.7 Å². The highest BCUT2D eigenvalue weighted by Crippen LogP contribution is 2.62. The van der Waals surface area contributed by atoms with Crippen LogP contribution in [0.5, 0.6) is 0 Å². The minimum Gasteiger partial charge on any atom is -0.463 e. The molecule has 0 heterocycles. The van der Waals surface area contributed by atoms with Gasteiger partial charge < -0.3 is 14.6 Å². The predicted octanol–water partition coefficient (Wildman–Crippen LogP) is 4.42. The number of allylic oxidation sites excluding steroid dienone is 1. The molecule has 4 unspecified atom stereocenters. The van der Waals surface area contributed by atoms with Gasteiger partial charge in [0.2, 0.25) is 0 Å². The van der Waals surface area contributed by atoms with Gasteiger partial charge >= 0.3 is 11.9 Å². The summed E-state index contributed by atoms with van der Waals surface area (Å²) in [6.07, 6.45) is 7.14. The van der Waals surface area contributed by atoms with Crippen LogP contribution < -0.4 is 0 Å². The second-order valence-corrected chi connectivity index (χ2v) is 10.1. The Morgan fingerprint density at radius 1 is 1.07 bits per heavy atom. The Balaban J connectivity index is 1.89. The molecule has 3 aliphatic rings. The third kappa shape index (κ3) is 4.12. The summed E-state index contributed by atoms with van der Waals surface area (Å²) in [6.45, 7) is 12.0. The summed E-state index contributed by atoms with van der Waals surface area (Å²) in [6, 6.07) is 0. The van der Waals surface area contributed by atoms with Crippen molar-refractivity contribution in [3.8, 4) is 0 Å². The number of hydrogen-bond acceptors (Lipinski definition) is 5. The molecule has 0 saturated heterocycles. The van der Waals surface area contributed by atoms with Gasteiger partial charge in [0.25, 0.3) is 0 Å². The molecule has 3 fully saturated rings. The van der Waals surface area contributed by atoms with Crippen LogP contribution in [-0.2, 0) is 19.1 Å². The van der Waals surface area contributed by atoms with Gasteiger partial charge in [-0.1, -0.05) is 26.0 Å². The Morgan fingerprint density at radius 3 is 2.38 bits per heavy atom. The Labute approximate surface area is 175 Å². The largest absolute Gasteiger partial charge is 0.463 e. The first kappa shape index (κ1) is 22.3. The Hall–Kier alpha value is -1.36. The van der Waals surface area contributed by atoms with Crippen LogP contribution >= 0.6 is 0 Å². The quantitative estimate of drug-likeness (QED) is 0.540. The van der Waals surface area contributed by atoms with E-state index in [-0.39, 0.29) is 53.4 Å². The third-order valence-electron chi connectivity index (χ3n) is 8.60. The molecule has 3 rings (SSSR count). The molecule has 3 saturated carbocycles. The number of aliphatic hydroxyl groups is 1. The van der Waals surface area contributed by atoms with Gasteiger partial charge in [0.15, 0.2) is 0 Å². The lowest BCUT2D eigenvalue weighted by Gasteiger charge is -2.56. The fourth-order valence-electron chi connectivity index (χ4n) is 6.86. The molecular formula is C24H38O5. The SMILES string of the molecule is C=C1CCC2C(OC(C)=O)C([C@@]3(C)CC[C@H](OC(C)=O)C[C@@H]3CCO)CCC12C. The highest BCUT2D eigenvalue weighted by Gasteiger charge is 2.58. The van der Waals surface area contributed by atoms with Gasteiger partial charge in [-0.3, -0.25) is 9.59 Å². The number of hydrogen-bond donors (Lipinski definition) is 1. The molecule has 1 N–H and O–H groups in total. The van der Waals surface area contributed by atoms with E-state index < -0.39 is 0 Å². The zero-order valence-electron chi connectivity index (χ0n) is 18.5. The first-order chi connectivity index (χ1) is 13.6. The predicted molar refractivity (Wildman–Crippen MR) is 111 cm³/mol. The van der Waals surface area contributed by atoms with E-state index in [2.05, 4.69) is 20.4 Å². The molecule has 3 aliphatic carbocycles. The molecule has 0 aromatic rings. The smallest absolute Gasteiger partial charge is 0.302 e. The van der Waals surface area contributed by atoms with Gasteiger partial charge in [-0.2, -0.15) is 0 Å². The van der Waals surface area contributed by atoms with E-state index in [1.807, 2.05) is 0 Å².